The van der Waals surface area contributed by atoms with Crippen molar-refractivity contribution in [2.75, 3.05) is 38.7 Å². The molecule has 1 aliphatic rings. The van der Waals surface area contributed by atoms with Crippen LogP contribution < -0.4 is 10.1 Å². The number of H-pyrrole nitrogens is 1. The summed E-state index contributed by atoms with van der Waals surface area (Å²) < 4.78 is 10.0. The van der Waals surface area contributed by atoms with Gasteiger partial charge < -0.3 is 14.4 Å². The first-order valence-electron chi connectivity index (χ1n) is 6.76. The van der Waals surface area contributed by atoms with Crippen LogP contribution in [0.1, 0.15) is 13.3 Å². The molecule has 0 radical (unpaired) electrons. The average molecular weight is 297 g/mol. The fraction of sp³-hybridized carbons (Fsp3) is 0.667. The zero-order valence-corrected chi connectivity index (χ0v) is 12.1. The smallest absolute Gasteiger partial charge is 0.337 e. The van der Waals surface area contributed by atoms with Crippen molar-refractivity contribution in [2.24, 2.45) is 5.92 Å². The molecule has 2 amide bonds. The summed E-state index contributed by atoms with van der Waals surface area (Å²) in [6.07, 6.45) is 0.196. The van der Waals surface area contributed by atoms with Crippen LogP contribution in [0.15, 0.2) is 0 Å². The summed E-state index contributed by atoms with van der Waals surface area (Å²) >= 11 is 0. The third-order valence-corrected chi connectivity index (χ3v) is 3.13. The minimum Gasteiger partial charge on any atom is -0.463 e. The molecule has 0 spiro atoms. The fourth-order valence-corrected chi connectivity index (χ4v) is 2.08. The second kappa shape index (κ2) is 7.02. The first-order valence-corrected chi connectivity index (χ1v) is 6.76. The van der Waals surface area contributed by atoms with Gasteiger partial charge in [-0.15, -0.1) is 5.10 Å². The van der Waals surface area contributed by atoms with Gasteiger partial charge in [-0.25, -0.2) is 5.10 Å². The minimum atomic E-state index is -0.394. The molecule has 1 aromatic heterocycles. The Morgan fingerprint density at radius 3 is 3.10 bits per heavy atom. The number of likely N-dealkylation sites (tertiary alicyclic amines) is 1. The number of methoxy groups -OCH3 is 1. The van der Waals surface area contributed by atoms with E-state index in [0.717, 1.165) is 0 Å². The van der Waals surface area contributed by atoms with Crippen molar-refractivity contribution in [1.82, 2.24) is 20.1 Å². The molecule has 0 aromatic carbocycles. The summed E-state index contributed by atoms with van der Waals surface area (Å²) in [4.78, 5) is 29.5. The Morgan fingerprint density at radius 1 is 1.57 bits per heavy atom. The molecule has 2 heterocycles. The van der Waals surface area contributed by atoms with Gasteiger partial charge in [0.25, 0.3) is 0 Å². The number of rotatable bonds is 7. The third-order valence-electron chi connectivity index (χ3n) is 3.13. The van der Waals surface area contributed by atoms with E-state index in [9.17, 15) is 9.59 Å². The SMILES string of the molecule is CCOc1n[nH]c(NC(=O)C2CC(=O)N(CCOC)C2)n1. The van der Waals surface area contributed by atoms with E-state index in [2.05, 4.69) is 20.5 Å². The first kappa shape index (κ1) is 15.2. The lowest BCUT2D eigenvalue weighted by atomic mass is 10.1. The number of hydrogen-bond donors (Lipinski definition) is 2. The lowest BCUT2D eigenvalue weighted by Crippen LogP contribution is -2.31. The van der Waals surface area contributed by atoms with Crippen LogP contribution in [0.2, 0.25) is 0 Å². The number of nitrogens with zero attached hydrogens (tertiary/aromatic N) is 3. The van der Waals surface area contributed by atoms with E-state index in [0.29, 0.717) is 26.3 Å². The Labute approximate surface area is 122 Å². The summed E-state index contributed by atoms with van der Waals surface area (Å²) in [6.45, 7) is 3.60. The molecule has 2 rings (SSSR count). The third kappa shape index (κ3) is 3.91. The average Bonchev–Trinajstić information content (AvgIpc) is 3.04. The lowest BCUT2D eigenvalue weighted by Gasteiger charge is -2.15. The van der Waals surface area contributed by atoms with Gasteiger partial charge in [-0.05, 0) is 6.92 Å². The zero-order chi connectivity index (χ0) is 15.2. The molecule has 0 aliphatic carbocycles. The molecule has 1 aliphatic heterocycles. The molecule has 9 heteroatoms. The molecule has 0 saturated carbocycles. The standard InChI is InChI=1S/C12H19N5O4/c1-3-21-12-14-11(15-16-12)13-10(19)8-6-9(18)17(7-8)4-5-20-2/h8H,3-7H2,1-2H3,(H2,13,14,15,16,19). The second-order valence-corrected chi connectivity index (χ2v) is 4.62. The van der Waals surface area contributed by atoms with Crippen LogP contribution in [-0.4, -0.2) is 65.3 Å². The van der Waals surface area contributed by atoms with Gasteiger partial charge in [-0.2, -0.15) is 4.98 Å². The number of anilines is 1. The van der Waals surface area contributed by atoms with Gasteiger partial charge in [0, 0.05) is 26.6 Å². The number of aromatic amines is 1. The molecular formula is C12H19N5O4. The summed E-state index contributed by atoms with van der Waals surface area (Å²) in [5.41, 5.74) is 0. The summed E-state index contributed by atoms with van der Waals surface area (Å²) in [6, 6.07) is 0.178. The van der Waals surface area contributed by atoms with E-state index in [1.807, 2.05) is 6.92 Å². The molecule has 1 fully saturated rings. The van der Waals surface area contributed by atoms with Crippen molar-refractivity contribution >= 4 is 17.8 Å². The molecule has 1 unspecified atom stereocenters. The van der Waals surface area contributed by atoms with Crippen LogP contribution in [0, 0.1) is 5.92 Å². The van der Waals surface area contributed by atoms with E-state index in [4.69, 9.17) is 9.47 Å². The second-order valence-electron chi connectivity index (χ2n) is 4.62. The van der Waals surface area contributed by atoms with Crippen LogP contribution in [0.3, 0.4) is 0 Å². The monoisotopic (exact) mass is 297 g/mol. The lowest BCUT2D eigenvalue weighted by molar-refractivity contribution is -0.128. The Hall–Kier alpha value is -2.16. The van der Waals surface area contributed by atoms with Crippen molar-refractivity contribution in [3.05, 3.63) is 0 Å². The van der Waals surface area contributed by atoms with Crippen LogP contribution in [0.4, 0.5) is 5.95 Å². The first-order chi connectivity index (χ1) is 10.1. The molecule has 1 atom stereocenters. The maximum atomic E-state index is 12.1. The largest absolute Gasteiger partial charge is 0.463 e. The van der Waals surface area contributed by atoms with Gasteiger partial charge in [0.2, 0.25) is 17.8 Å². The van der Waals surface area contributed by atoms with Crippen LogP contribution >= 0.6 is 0 Å². The molecule has 1 saturated heterocycles. The maximum absolute atomic E-state index is 12.1. The van der Waals surface area contributed by atoms with E-state index >= 15 is 0 Å². The van der Waals surface area contributed by atoms with Crippen LogP contribution in [0.25, 0.3) is 0 Å². The fourth-order valence-electron chi connectivity index (χ4n) is 2.08. The topological polar surface area (TPSA) is 109 Å². The van der Waals surface area contributed by atoms with Gasteiger partial charge in [0.1, 0.15) is 0 Å². The summed E-state index contributed by atoms with van der Waals surface area (Å²) in [7, 11) is 1.57. The Bertz CT molecular complexity index is 504. The number of nitrogens with one attached hydrogen (secondary N) is 2. The van der Waals surface area contributed by atoms with E-state index in [1.54, 1.807) is 12.0 Å². The number of hydrogen-bond acceptors (Lipinski definition) is 6. The molecule has 0 bridgehead atoms. The maximum Gasteiger partial charge on any atom is 0.337 e. The zero-order valence-electron chi connectivity index (χ0n) is 12.1. The van der Waals surface area contributed by atoms with Gasteiger partial charge in [0.15, 0.2) is 0 Å². The van der Waals surface area contributed by atoms with E-state index < -0.39 is 5.92 Å². The predicted molar refractivity (Wildman–Crippen MR) is 72.7 cm³/mol. The Morgan fingerprint density at radius 2 is 2.38 bits per heavy atom. The Kier molecular flexibility index (Phi) is 5.09. The highest BCUT2D eigenvalue weighted by Gasteiger charge is 2.34. The van der Waals surface area contributed by atoms with Crippen LogP contribution in [0.5, 0.6) is 6.01 Å². The molecule has 2 N–H and O–H groups in total. The molecule has 116 valence electrons. The highest BCUT2D eigenvalue weighted by atomic mass is 16.5. The molecular weight excluding hydrogens is 278 g/mol. The number of ether oxygens (including phenoxy) is 2. The van der Waals surface area contributed by atoms with Gasteiger partial charge in [-0.1, -0.05) is 0 Å². The predicted octanol–water partition coefficient (Wildman–Crippen LogP) is -0.363. The normalized spacial score (nSPS) is 18.1. The van der Waals surface area contributed by atoms with Gasteiger partial charge in [0.05, 0.1) is 19.1 Å². The number of carbonyl (C=O) groups excluding carboxylic acids is 2. The number of aromatic nitrogens is 3. The van der Waals surface area contributed by atoms with Crippen molar-refractivity contribution in [1.29, 1.82) is 0 Å². The van der Waals surface area contributed by atoms with Crippen molar-refractivity contribution in [3.63, 3.8) is 0 Å². The molecule has 1 aromatic rings. The summed E-state index contributed by atoms with van der Waals surface area (Å²) in [5, 5.41) is 8.96. The summed E-state index contributed by atoms with van der Waals surface area (Å²) in [5.74, 6) is -0.483. The van der Waals surface area contributed by atoms with E-state index in [1.165, 1.54) is 0 Å². The van der Waals surface area contributed by atoms with Crippen molar-refractivity contribution in [2.45, 2.75) is 13.3 Å². The van der Waals surface area contributed by atoms with Crippen molar-refractivity contribution in [3.8, 4) is 6.01 Å². The van der Waals surface area contributed by atoms with Crippen LogP contribution in [-0.2, 0) is 14.3 Å². The van der Waals surface area contributed by atoms with Gasteiger partial charge in [-0.3, -0.25) is 14.9 Å². The Balaban J connectivity index is 1.87. The number of carbonyl (C=O) groups is 2. The molecule has 9 nitrogen and oxygen atoms in total. The highest BCUT2D eigenvalue weighted by Crippen LogP contribution is 2.19. The van der Waals surface area contributed by atoms with Crippen molar-refractivity contribution < 1.29 is 19.1 Å². The quantitative estimate of drug-likeness (QED) is 0.711. The number of amides is 2. The van der Waals surface area contributed by atoms with E-state index in [-0.39, 0.29) is 30.2 Å². The minimum absolute atomic E-state index is 0.0419. The highest BCUT2D eigenvalue weighted by molar-refractivity contribution is 5.96. The molecule has 21 heavy (non-hydrogen) atoms. The van der Waals surface area contributed by atoms with Gasteiger partial charge >= 0.3 is 6.01 Å².